The van der Waals surface area contributed by atoms with Gasteiger partial charge in [0.2, 0.25) is 5.91 Å². The fourth-order valence-electron chi connectivity index (χ4n) is 3.05. The summed E-state index contributed by atoms with van der Waals surface area (Å²) in [5, 5.41) is 16.8. The van der Waals surface area contributed by atoms with Crippen LogP contribution in [0.15, 0.2) is 24.3 Å². The highest BCUT2D eigenvalue weighted by atomic mass is 35.5. The number of hydrogen-bond donors (Lipinski definition) is 2. The Morgan fingerprint density at radius 1 is 1.42 bits per heavy atom. The minimum atomic E-state index is -0.210. The second kappa shape index (κ2) is 8.17. The standard InChI is InChI=1S/C19H18ClN3OS2/c1-11-2-7-14-15(10-21)18(26-16(14)8-11)23-19(25)22-17(24)9-12-3-5-13(20)6-4-12/h3-6,11H,2,7-9H2,1H3,(H2,22,23,24,25). The summed E-state index contributed by atoms with van der Waals surface area (Å²) in [6.45, 7) is 2.23. The van der Waals surface area contributed by atoms with Gasteiger partial charge in [-0.15, -0.1) is 11.3 Å². The number of anilines is 1. The van der Waals surface area contributed by atoms with Gasteiger partial charge < -0.3 is 10.6 Å². The smallest absolute Gasteiger partial charge is 0.230 e. The number of rotatable bonds is 3. The number of nitrogens with one attached hydrogen (secondary N) is 2. The van der Waals surface area contributed by atoms with Gasteiger partial charge in [0, 0.05) is 9.90 Å². The van der Waals surface area contributed by atoms with Crippen molar-refractivity contribution in [1.29, 1.82) is 5.26 Å². The zero-order valence-electron chi connectivity index (χ0n) is 14.3. The molecule has 1 aromatic heterocycles. The first-order valence-electron chi connectivity index (χ1n) is 8.36. The van der Waals surface area contributed by atoms with Gasteiger partial charge in [-0.25, -0.2) is 0 Å². The van der Waals surface area contributed by atoms with Crippen LogP contribution in [0.4, 0.5) is 5.00 Å². The van der Waals surface area contributed by atoms with Crippen molar-refractivity contribution < 1.29 is 4.79 Å². The van der Waals surface area contributed by atoms with Crippen molar-refractivity contribution in [3.05, 3.63) is 50.9 Å². The number of amides is 1. The van der Waals surface area contributed by atoms with Crippen LogP contribution in [-0.4, -0.2) is 11.0 Å². The van der Waals surface area contributed by atoms with Crippen molar-refractivity contribution in [3.8, 4) is 6.07 Å². The molecule has 134 valence electrons. The molecule has 3 rings (SSSR count). The van der Waals surface area contributed by atoms with Crippen LogP contribution in [0.1, 0.15) is 34.9 Å². The summed E-state index contributed by atoms with van der Waals surface area (Å²) in [5.74, 6) is 0.421. The van der Waals surface area contributed by atoms with Crippen LogP contribution >= 0.6 is 35.2 Å². The summed E-state index contributed by atoms with van der Waals surface area (Å²) >= 11 is 12.7. The summed E-state index contributed by atoms with van der Waals surface area (Å²) in [4.78, 5) is 13.4. The lowest BCUT2D eigenvalue weighted by atomic mass is 9.89. The maximum Gasteiger partial charge on any atom is 0.230 e. The predicted molar refractivity (Wildman–Crippen MR) is 110 cm³/mol. The minimum Gasteiger partial charge on any atom is -0.323 e. The molecular weight excluding hydrogens is 386 g/mol. The van der Waals surface area contributed by atoms with Crippen molar-refractivity contribution in [2.24, 2.45) is 5.92 Å². The van der Waals surface area contributed by atoms with E-state index in [0.29, 0.717) is 16.5 Å². The van der Waals surface area contributed by atoms with Crippen LogP contribution in [0.25, 0.3) is 0 Å². The molecule has 1 aliphatic rings. The van der Waals surface area contributed by atoms with Crippen molar-refractivity contribution in [2.75, 3.05) is 5.32 Å². The highest BCUT2D eigenvalue weighted by Gasteiger charge is 2.24. The maximum absolute atomic E-state index is 12.2. The van der Waals surface area contributed by atoms with Crippen LogP contribution < -0.4 is 10.6 Å². The van der Waals surface area contributed by atoms with E-state index in [1.807, 2.05) is 0 Å². The van der Waals surface area contributed by atoms with Gasteiger partial charge in [0.25, 0.3) is 0 Å². The topological polar surface area (TPSA) is 64.9 Å². The van der Waals surface area contributed by atoms with Crippen LogP contribution in [0.2, 0.25) is 5.02 Å². The number of thiophene rings is 1. The molecule has 0 aliphatic heterocycles. The zero-order valence-corrected chi connectivity index (χ0v) is 16.7. The lowest BCUT2D eigenvalue weighted by Crippen LogP contribution is -2.35. The molecule has 7 heteroatoms. The number of nitrogens with zero attached hydrogens (tertiary/aromatic N) is 1. The molecule has 0 saturated carbocycles. The Labute approximate surface area is 167 Å². The predicted octanol–water partition coefficient (Wildman–Crippen LogP) is 4.45. The first kappa shape index (κ1) is 18.8. The quantitative estimate of drug-likeness (QED) is 0.743. The molecular formula is C19H18ClN3OS2. The van der Waals surface area contributed by atoms with Crippen molar-refractivity contribution in [1.82, 2.24) is 5.32 Å². The van der Waals surface area contributed by atoms with E-state index in [4.69, 9.17) is 23.8 Å². The van der Waals surface area contributed by atoms with Gasteiger partial charge in [0.05, 0.1) is 12.0 Å². The molecule has 0 radical (unpaired) electrons. The van der Waals surface area contributed by atoms with Gasteiger partial charge in [-0.05, 0) is 60.7 Å². The van der Waals surface area contributed by atoms with E-state index in [2.05, 4.69) is 23.6 Å². The van der Waals surface area contributed by atoms with Crippen molar-refractivity contribution in [2.45, 2.75) is 32.6 Å². The molecule has 4 nitrogen and oxygen atoms in total. The van der Waals surface area contributed by atoms with Crippen molar-refractivity contribution >= 4 is 51.2 Å². The van der Waals surface area contributed by atoms with Gasteiger partial charge in [-0.2, -0.15) is 5.26 Å². The lowest BCUT2D eigenvalue weighted by Gasteiger charge is -2.17. The zero-order chi connectivity index (χ0) is 18.7. The summed E-state index contributed by atoms with van der Waals surface area (Å²) in [6.07, 6.45) is 3.22. The Bertz CT molecular complexity index is 883. The second-order valence-electron chi connectivity index (χ2n) is 6.47. The number of nitriles is 1. The molecule has 0 bridgehead atoms. The fourth-order valence-corrected chi connectivity index (χ4v) is 4.82. The number of fused-ring (bicyclic) bond motifs is 1. The molecule has 1 aromatic carbocycles. The SMILES string of the molecule is CC1CCc2c(sc(NC(=S)NC(=O)Cc3ccc(Cl)cc3)c2C#N)C1. The molecule has 1 amide bonds. The van der Waals surface area contributed by atoms with Gasteiger partial charge in [-0.3, -0.25) is 4.79 Å². The fraction of sp³-hybridized carbons (Fsp3) is 0.316. The minimum absolute atomic E-state index is 0.210. The largest absolute Gasteiger partial charge is 0.323 e. The Balaban J connectivity index is 1.64. The monoisotopic (exact) mass is 403 g/mol. The Hall–Kier alpha value is -1.94. The maximum atomic E-state index is 12.2. The Kier molecular flexibility index (Phi) is 5.92. The van der Waals surface area contributed by atoms with Crippen LogP contribution in [0, 0.1) is 17.2 Å². The van der Waals surface area contributed by atoms with E-state index in [9.17, 15) is 10.1 Å². The Morgan fingerprint density at radius 2 is 2.15 bits per heavy atom. The van der Waals surface area contributed by atoms with Crippen LogP contribution in [0.3, 0.4) is 0 Å². The number of thiocarbonyl (C=S) groups is 1. The number of carbonyl (C=O) groups excluding carboxylic acids is 1. The first-order chi connectivity index (χ1) is 12.5. The molecule has 0 fully saturated rings. The van der Waals surface area contributed by atoms with E-state index in [0.717, 1.165) is 35.4 Å². The van der Waals surface area contributed by atoms with Crippen LogP contribution in [-0.2, 0) is 24.1 Å². The summed E-state index contributed by atoms with van der Waals surface area (Å²) in [5.41, 5.74) is 2.65. The average Bonchev–Trinajstić information content (AvgIpc) is 2.92. The lowest BCUT2D eigenvalue weighted by molar-refractivity contribution is -0.119. The third-order valence-electron chi connectivity index (χ3n) is 4.38. The molecule has 2 aromatic rings. The van der Waals surface area contributed by atoms with Gasteiger partial charge in [0.1, 0.15) is 11.1 Å². The average molecular weight is 404 g/mol. The highest BCUT2D eigenvalue weighted by Crippen LogP contribution is 2.39. The molecule has 0 spiro atoms. The van der Waals surface area contributed by atoms with Crippen molar-refractivity contribution in [3.63, 3.8) is 0 Å². The third kappa shape index (κ3) is 4.42. The molecule has 1 atom stereocenters. The number of halogens is 1. The first-order valence-corrected chi connectivity index (χ1v) is 9.96. The summed E-state index contributed by atoms with van der Waals surface area (Å²) in [6, 6.07) is 9.39. The number of carbonyl (C=O) groups is 1. The van der Waals surface area contributed by atoms with Crippen LogP contribution in [0.5, 0.6) is 0 Å². The number of hydrogen-bond acceptors (Lipinski definition) is 4. The number of benzene rings is 1. The highest BCUT2D eigenvalue weighted by molar-refractivity contribution is 7.80. The summed E-state index contributed by atoms with van der Waals surface area (Å²) in [7, 11) is 0. The van der Waals surface area contributed by atoms with Gasteiger partial charge in [-0.1, -0.05) is 30.7 Å². The molecule has 1 heterocycles. The Morgan fingerprint density at radius 3 is 2.85 bits per heavy atom. The normalized spacial score (nSPS) is 15.7. The summed E-state index contributed by atoms with van der Waals surface area (Å²) < 4.78 is 0. The van der Waals surface area contributed by atoms with E-state index < -0.39 is 0 Å². The second-order valence-corrected chi connectivity index (χ2v) is 8.42. The van der Waals surface area contributed by atoms with Gasteiger partial charge in [0.15, 0.2) is 5.11 Å². The molecule has 0 saturated heterocycles. The van der Waals surface area contributed by atoms with E-state index in [-0.39, 0.29) is 17.4 Å². The van der Waals surface area contributed by atoms with E-state index in [1.165, 1.54) is 4.88 Å². The molecule has 2 N–H and O–H groups in total. The van der Waals surface area contributed by atoms with E-state index >= 15 is 0 Å². The molecule has 1 aliphatic carbocycles. The van der Waals surface area contributed by atoms with Gasteiger partial charge >= 0.3 is 0 Å². The molecule has 1 unspecified atom stereocenters. The third-order valence-corrected chi connectivity index (χ3v) is 6.01. The molecule has 26 heavy (non-hydrogen) atoms. The van der Waals surface area contributed by atoms with E-state index in [1.54, 1.807) is 35.6 Å².